The van der Waals surface area contributed by atoms with Gasteiger partial charge in [-0.25, -0.2) is 4.79 Å². The molecular weight excluding hydrogens is 507 g/mol. The van der Waals surface area contributed by atoms with Crippen LogP contribution in [0.2, 0.25) is 0 Å². The second-order valence-corrected chi connectivity index (χ2v) is 13.3. The molecule has 0 aliphatic heterocycles. The molecular formula is C33H36O5P+. The maximum atomic E-state index is 12.2. The molecule has 0 saturated heterocycles. The maximum Gasteiger partial charge on any atom is 0.338 e. The zero-order valence-electron chi connectivity index (χ0n) is 22.1. The van der Waals surface area contributed by atoms with Crippen LogP contribution in [-0.4, -0.2) is 34.1 Å². The van der Waals surface area contributed by atoms with Gasteiger partial charge in [0.1, 0.15) is 23.2 Å². The third-order valence-electron chi connectivity index (χ3n) is 7.02. The molecule has 39 heavy (non-hydrogen) atoms. The molecule has 4 aromatic carbocycles. The predicted molar refractivity (Wildman–Crippen MR) is 159 cm³/mol. The van der Waals surface area contributed by atoms with Crippen molar-refractivity contribution in [3.05, 3.63) is 109 Å². The Bertz CT molecular complexity index is 1210. The molecule has 0 amide bonds. The molecule has 4 rings (SSSR count). The lowest BCUT2D eigenvalue weighted by atomic mass is 10.1. The smallest absolute Gasteiger partial charge is 0.338 e. The maximum absolute atomic E-state index is 12.2. The number of carbonyl (C=O) groups excluding carboxylic acids is 1. The lowest BCUT2D eigenvalue weighted by molar-refractivity contribution is 0.0496. The molecule has 0 bridgehead atoms. The average Bonchev–Trinajstić information content (AvgIpc) is 2.98. The molecule has 4 aromatic rings. The number of rotatable bonds is 13. The molecule has 0 unspecified atom stereocenters. The van der Waals surface area contributed by atoms with E-state index < -0.39 is 30.5 Å². The predicted octanol–water partition coefficient (Wildman–Crippen LogP) is 6.29. The van der Waals surface area contributed by atoms with Crippen molar-refractivity contribution in [1.29, 1.82) is 0 Å². The summed E-state index contributed by atoms with van der Waals surface area (Å²) >= 11 is 0. The Balaban J connectivity index is 1.29. The van der Waals surface area contributed by atoms with E-state index in [1.807, 2.05) is 0 Å². The summed E-state index contributed by atoms with van der Waals surface area (Å²) in [5.41, 5.74) is 0.00450. The molecule has 0 aromatic heterocycles. The summed E-state index contributed by atoms with van der Waals surface area (Å²) in [4.78, 5) is 12.2. The molecule has 0 atom stereocenters. The van der Waals surface area contributed by atoms with Crippen molar-refractivity contribution in [3.8, 4) is 17.2 Å². The number of benzene rings is 4. The van der Waals surface area contributed by atoms with E-state index >= 15 is 0 Å². The van der Waals surface area contributed by atoms with Gasteiger partial charge in [0.25, 0.3) is 0 Å². The molecule has 6 heteroatoms. The lowest BCUT2D eigenvalue weighted by Crippen LogP contribution is -2.33. The molecule has 0 spiro atoms. The molecule has 0 fully saturated rings. The SMILES string of the molecule is O=C(OCCCCCCCC[P+](c1ccccc1)(c1ccccc1)c1ccccc1)c1cc(O)c(O)c(O)c1. The Labute approximate surface area is 231 Å². The van der Waals surface area contributed by atoms with Crippen LogP contribution in [0.25, 0.3) is 0 Å². The highest BCUT2D eigenvalue weighted by Crippen LogP contribution is 2.56. The standard InChI is InChI=1S/C33H35O5P/c34-30-24-26(25-31(35)32(30)36)33(37)38-22-14-3-1-2-4-15-23-39(27-16-8-5-9-17-27,28-18-10-6-11-19-28)29-20-12-7-13-21-29/h5-13,16-21,24-25H,1-4,14-15,22-23H2,(H2-,34,35,36,37)/p+1. The van der Waals surface area contributed by atoms with Crippen LogP contribution in [0.4, 0.5) is 0 Å². The summed E-state index contributed by atoms with van der Waals surface area (Å²) in [6, 6.07) is 35.0. The molecule has 0 aliphatic rings. The number of unbranched alkanes of at least 4 members (excludes halogenated alkanes) is 5. The fourth-order valence-electron chi connectivity index (χ4n) is 5.01. The topological polar surface area (TPSA) is 87.0 Å². The van der Waals surface area contributed by atoms with Crippen LogP contribution >= 0.6 is 7.26 Å². The van der Waals surface area contributed by atoms with Crippen molar-refractivity contribution >= 4 is 29.1 Å². The van der Waals surface area contributed by atoms with E-state index in [0.717, 1.165) is 56.8 Å². The van der Waals surface area contributed by atoms with Crippen molar-refractivity contribution in [3.63, 3.8) is 0 Å². The first-order chi connectivity index (χ1) is 19.0. The molecule has 202 valence electrons. The van der Waals surface area contributed by atoms with Gasteiger partial charge in [0.15, 0.2) is 17.2 Å². The van der Waals surface area contributed by atoms with Crippen molar-refractivity contribution in [1.82, 2.24) is 0 Å². The van der Waals surface area contributed by atoms with E-state index in [2.05, 4.69) is 91.0 Å². The lowest BCUT2D eigenvalue weighted by Gasteiger charge is -2.27. The Kier molecular flexibility index (Phi) is 9.99. The average molecular weight is 544 g/mol. The number of phenolic OH excluding ortho intramolecular Hbond substituents is 3. The number of hydrogen-bond donors (Lipinski definition) is 3. The van der Waals surface area contributed by atoms with Crippen molar-refractivity contribution < 1.29 is 24.9 Å². The van der Waals surface area contributed by atoms with Gasteiger partial charge in [0.2, 0.25) is 0 Å². The van der Waals surface area contributed by atoms with E-state index in [1.165, 1.54) is 15.9 Å². The summed E-state index contributed by atoms with van der Waals surface area (Å²) in [7, 11) is -1.78. The Morgan fingerprint density at radius 3 is 1.46 bits per heavy atom. The third-order valence-corrected chi connectivity index (χ3v) is 11.5. The highest BCUT2D eigenvalue weighted by Gasteiger charge is 2.44. The summed E-state index contributed by atoms with van der Waals surface area (Å²) in [5, 5.41) is 32.8. The first-order valence-electron chi connectivity index (χ1n) is 13.5. The van der Waals surface area contributed by atoms with Crippen LogP contribution in [0.15, 0.2) is 103 Å². The van der Waals surface area contributed by atoms with Crippen LogP contribution in [0, 0.1) is 0 Å². The molecule has 5 nitrogen and oxygen atoms in total. The van der Waals surface area contributed by atoms with Gasteiger partial charge in [-0.05, 0) is 67.8 Å². The molecule has 0 heterocycles. The first-order valence-corrected chi connectivity index (χ1v) is 15.5. The number of ether oxygens (including phenoxy) is 1. The minimum absolute atomic E-state index is 0.00450. The van der Waals surface area contributed by atoms with Crippen molar-refractivity contribution in [2.45, 2.75) is 38.5 Å². The second kappa shape index (κ2) is 13.8. The van der Waals surface area contributed by atoms with Gasteiger partial charge < -0.3 is 20.1 Å². The van der Waals surface area contributed by atoms with Crippen LogP contribution in [0.3, 0.4) is 0 Å². The van der Waals surface area contributed by atoms with Gasteiger partial charge in [-0.1, -0.05) is 73.9 Å². The molecule has 0 radical (unpaired) electrons. The van der Waals surface area contributed by atoms with E-state index in [4.69, 9.17) is 4.74 Å². The monoisotopic (exact) mass is 543 g/mol. The van der Waals surface area contributed by atoms with Gasteiger partial charge in [-0.3, -0.25) is 0 Å². The number of phenols is 3. The van der Waals surface area contributed by atoms with Crippen LogP contribution in [-0.2, 0) is 4.74 Å². The summed E-state index contributed by atoms with van der Waals surface area (Å²) in [6.07, 6.45) is 7.27. The second-order valence-electron chi connectivity index (χ2n) is 9.66. The minimum atomic E-state index is -1.78. The molecule has 0 aliphatic carbocycles. The molecule has 0 saturated carbocycles. The number of aromatic hydroxyl groups is 3. The van der Waals surface area contributed by atoms with Crippen LogP contribution < -0.4 is 15.9 Å². The quantitative estimate of drug-likeness (QED) is 0.0798. The van der Waals surface area contributed by atoms with E-state index in [1.54, 1.807) is 0 Å². The van der Waals surface area contributed by atoms with Gasteiger partial charge in [-0.15, -0.1) is 0 Å². The molecule has 3 N–H and O–H groups in total. The normalized spacial score (nSPS) is 11.3. The Morgan fingerprint density at radius 2 is 1.00 bits per heavy atom. The minimum Gasteiger partial charge on any atom is -0.504 e. The summed E-state index contributed by atoms with van der Waals surface area (Å²) < 4.78 is 5.26. The first kappa shape index (κ1) is 28.2. The Hall–Kier alpha value is -3.82. The zero-order valence-corrected chi connectivity index (χ0v) is 23.0. The van der Waals surface area contributed by atoms with Crippen LogP contribution in [0.5, 0.6) is 17.2 Å². The fourth-order valence-corrected chi connectivity index (χ4v) is 9.42. The number of hydrogen-bond acceptors (Lipinski definition) is 5. The van der Waals surface area contributed by atoms with Gasteiger partial charge in [-0.2, -0.15) is 0 Å². The summed E-state index contributed by atoms with van der Waals surface area (Å²) in [5.74, 6) is -2.40. The summed E-state index contributed by atoms with van der Waals surface area (Å²) in [6.45, 7) is 0.270. The van der Waals surface area contributed by atoms with E-state index in [9.17, 15) is 20.1 Å². The van der Waals surface area contributed by atoms with E-state index in [0.29, 0.717) is 0 Å². The van der Waals surface area contributed by atoms with Crippen LogP contribution in [0.1, 0.15) is 48.9 Å². The number of carbonyl (C=O) groups is 1. The zero-order chi connectivity index (χ0) is 27.5. The number of esters is 1. The van der Waals surface area contributed by atoms with Gasteiger partial charge in [0, 0.05) is 0 Å². The van der Waals surface area contributed by atoms with Crippen molar-refractivity contribution in [2.24, 2.45) is 0 Å². The van der Waals surface area contributed by atoms with E-state index in [-0.39, 0.29) is 12.2 Å². The largest absolute Gasteiger partial charge is 0.504 e. The van der Waals surface area contributed by atoms with Gasteiger partial charge >= 0.3 is 5.97 Å². The highest BCUT2D eigenvalue weighted by atomic mass is 31.2. The van der Waals surface area contributed by atoms with Crippen molar-refractivity contribution in [2.75, 3.05) is 12.8 Å². The van der Waals surface area contributed by atoms with Gasteiger partial charge in [0.05, 0.1) is 18.3 Å². The highest BCUT2D eigenvalue weighted by molar-refractivity contribution is 7.95. The Morgan fingerprint density at radius 1 is 0.590 bits per heavy atom. The fraction of sp³-hybridized carbons (Fsp3) is 0.242. The third kappa shape index (κ3) is 6.99.